The number of nitrogens with two attached hydrogens (primary N) is 1. The van der Waals surface area contributed by atoms with Crippen LogP contribution in [0.2, 0.25) is 0 Å². The van der Waals surface area contributed by atoms with Crippen LogP contribution in [-0.4, -0.2) is 34.1 Å². The van der Waals surface area contributed by atoms with Crippen molar-refractivity contribution in [3.8, 4) is 0 Å². The summed E-state index contributed by atoms with van der Waals surface area (Å²) in [5.74, 6) is -1.16. The van der Waals surface area contributed by atoms with Crippen molar-refractivity contribution in [2.24, 2.45) is 5.73 Å². The zero-order chi connectivity index (χ0) is 12.8. The first kappa shape index (κ1) is 12.8. The molecular weight excluding hydrogens is 228 g/mol. The van der Waals surface area contributed by atoms with E-state index < -0.39 is 10.9 Å². The fourth-order valence-electron chi connectivity index (χ4n) is 1.17. The van der Waals surface area contributed by atoms with Crippen molar-refractivity contribution in [3.05, 3.63) is 27.9 Å². The van der Waals surface area contributed by atoms with Crippen LogP contribution in [-0.2, 0) is 0 Å². The van der Waals surface area contributed by atoms with Gasteiger partial charge in [-0.05, 0) is 13.0 Å². The van der Waals surface area contributed by atoms with E-state index in [1.54, 1.807) is 0 Å². The van der Waals surface area contributed by atoms with Gasteiger partial charge in [-0.1, -0.05) is 0 Å². The molecule has 8 heteroatoms. The average molecular weight is 240 g/mol. The summed E-state index contributed by atoms with van der Waals surface area (Å²) in [6, 6.07) is 0.972. The number of nitrogens with zero attached hydrogens (tertiary/aromatic N) is 2. The van der Waals surface area contributed by atoms with Gasteiger partial charge in [-0.2, -0.15) is 0 Å². The Morgan fingerprint density at radius 2 is 2.35 bits per heavy atom. The van der Waals surface area contributed by atoms with Crippen molar-refractivity contribution in [2.45, 2.75) is 6.42 Å². The van der Waals surface area contributed by atoms with Crippen molar-refractivity contribution in [2.75, 3.05) is 18.4 Å². The highest BCUT2D eigenvalue weighted by Crippen LogP contribution is 2.18. The van der Waals surface area contributed by atoms with E-state index in [0.717, 1.165) is 12.3 Å². The van der Waals surface area contributed by atoms with Gasteiger partial charge in [0.1, 0.15) is 17.6 Å². The zero-order valence-corrected chi connectivity index (χ0v) is 8.92. The van der Waals surface area contributed by atoms with Crippen molar-refractivity contribution in [1.82, 2.24) is 4.98 Å². The van der Waals surface area contributed by atoms with E-state index in [-0.39, 0.29) is 17.1 Å². The number of anilines is 1. The summed E-state index contributed by atoms with van der Waals surface area (Å²) in [5, 5.41) is 22.2. The van der Waals surface area contributed by atoms with E-state index in [2.05, 4.69) is 10.3 Å². The van der Waals surface area contributed by atoms with Crippen molar-refractivity contribution in [1.29, 1.82) is 0 Å². The summed E-state index contributed by atoms with van der Waals surface area (Å²) in [7, 11) is 0. The topological polar surface area (TPSA) is 131 Å². The molecule has 0 radical (unpaired) electrons. The van der Waals surface area contributed by atoms with Gasteiger partial charge in [0.2, 0.25) is 0 Å². The molecule has 0 saturated carbocycles. The molecule has 1 aromatic heterocycles. The largest absolute Gasteiger partial charge is 0.478 e. The molecule has 0 aliphatic heterocycles. The number of aromatic carboxylic acids is 1. The predicted octanol–water partition coefficient (Wildman–Crippen LogP) is 0.449. The minimum atomic E-state index is -1.27. The number of carboxylic acids is 1. The van der Waals surface area contributed by atoms with E-state index in [4.69, 9.17) is 10.8 Å². The van der Waals surface area contributed by atoms with Gasteiger partial charge in [0.25, 0.3) is 5.69 Å². The molecule has 0 aliphatic rings. The maximum atomic E-state index is 10.9. The second kappa shape index (κ2) is 5.75. The first-order valence-electron chi connectivity index (χ1n) is 4.88. The summed E-state index contributed by atoms with van der Waals surface area (Å²) in [5.41, 5.74) is 4.71. The Kier molecular flexibility index (Phi) is 4.35. The number of pyridine rings is 1. The van der Waals surface area contributed by atoms with Crippen molar-refractivity contribution >= 4 is 17.5 Å². The van der Waals surface area contributed by atoms with Crippen LogP contribution in [0.25, 0.3) is 0 Å². The van der Waals surface area contributed by atoms with E-state index in [9.17, 15) is 14.9 Å². The number of carboxylic acid groups (broad SMARTS) is 1. The van der Waals surface area contributed by atoms with Gasteiger partial charge in [0, 0.05) is 12.6 Å². The number of rotatable bonds is 6. The highest BCUT2D eigenvalue weighted by atomic mass is 16.6. The summed E-state index contributed by atoms with van der Waals surface area (Å²) in [6.45, 7) is 0.921. The molecule has 0 amide bonds. The lowest BCUT2D eigenvalue weighted by molar-refractivity contribution is -0.385. The van der Waals surface area contributed by atoms with Gasteiger partial charge < -0.3 is 16.2 Å². The Morgan fingerprint density at radius 1 is 1.65 bits per heavy atom. The van der Waals surface area contributed by atoms with Crippen LogP contribution in [0, 0.1) is 10.1 Å². The average Bonchev–Trinajstić information content (AvgIpc) is 2.29. The van der Waals surface area contributed by atoms with Crippen LogP contribution in [0.15, 0.2) is 12.3 Å². The normalized spacial score (nSPS) is 9.94. The Hall–Kier alpha value is -2.22. The van der Waals surface area contributed by atoms with Gasteiger partial charge in [-0.3, -0.25) is 10.1 Å². The third-order valence-corrected chi connectivity index (χ3v) is 1.99. The van der Waals surface area contributed by atoms with Crippen LogP contribution in [0.3, 0.4) is 0 Å². The lowest BCUT2D eigenvalue weighted by atomic mass is 10.2. The predicted molar refractivity (Wildman–Crippen MR) is 60.0 cm³/mol. The molecule has 0 unspecified atom stereocenters. The lowest BCUT2D eigenvalue weighted by Gasteiger charge is -2.07. The quantitative estimate of drug-likeness (QED) is 0.373. The maximum absolute atomic E-state index is 10.9. The summed E-state index contributed by atoms with van der Waals surface area (Å²) in [6.07, 6.45) is 1.66. The fraction of sp³-hybridized carbons (Fsp3) is 0.333. The molecule has 8 nitrogen and oxygen atoms in total. The van der Waals surface area contributed by atoms with Crippen molar-refractivity contribution in [3.63, 3.8) is 0 Å². The number of aromatic nitrogens is 1. The zero-order valence-electron chi connectivity index (χ0n) is 8.92. The van der Waals surface area contributed by atoms with Crippen LogP contribution < -0.4 is 11.1 Å². The van der Waals surface area contributed by atoms with Gasteiger partial charge in [0.05, 0.1) is 4.92 Å². The molecule has 0 aliphatic carbocycles. The molecule has 1 aromatic rings. The standard InChI is InChI=1S/C9H12N4O4/c10-2-1-3-11-8-7(9(14)15)4-6(5-12-8)13(16)17/h4-5H,1-3,10H2,(H,11,12)(H,14,15). The van der Waals surface area contributed by atoms with E-state index in [1.165, 1.54) is 0 Å². The Morgan fingerprint density at radius 3 is 2.88 bits per heavy atom. The summed E-state index contributed by atoms with van der Waals surface area (Å²) in [4.78, 5) is 24.4. The molecule has 0 atom stereocenters. The molecule has 0 bridgehead atoms. The Labute approximate surface area is 96.6 Å². The third kappa shape index (κ3) is 3.38. The molecule has 17 heavy (non-hydrogen) atoms. The lowest BCUT2D eigenvalue weighted by Crippen LogP contribution is -2.13. The van der Waals surface area contributed by atoms with Gasteiger partial charge in [0.15, 0.2) is 0 Å². The van der Waals surface area contributed by atoms with Gasteiger partial charge >= 0.3 is 5.97 Å². The second-order valence-electron chi connectivity index (χ2n) is 3.22. The highest BCUT2D eigenvalue weighted by molar-refractivity contribution is 5.93. The first-order valence-corrected chi connectivity index (χ1v) is 4.88. The maximum Gasteiger partial charge on any atom is 0.339 e. The Balaban J connectivity index is 2.96. The second-order valence-corrected chi connectivity index (χ2v) is 3.22. The number of nitrogens with one attached hydrogen (secondary N) is 1. The first-order chi connectivity index (χ1) is 8.06. The minimum Gasteiger partial charge on any atom is -0.478 e. The van der Waals surface area contributed by atoms with Crippen molar-refractivity contribution < 1.29 is 14.8 Å². The van der Waals surface area contributed by atoms with E-state index in [1.807, 2.05) is 0 Å². The monoisotopic (exact) mass is 240 g/mol. The molecule has 0 fully saturated rings. The van der Waals surface area contributed by atoms with E-state index in [0.29, 0.717) is 19.5 Å². The summed E-state index contributed by atoms with van der Waals surface area (Å²) < 4.78 is 0. The molecule has 0 spiro atoms. The molecule has 0 aromatic carbocycles. The molecule has 1 rings (SSSR count). The highest BCUT2D eigenvalue weighted by Gasteiger charge is 2.16. The number of hydrogen-bond donors (Lipinski definition) is 3. The SMILES string of the molecule is NCCCNc1ncc([N+](=O)[O-])cc1C(=O)O. The number of carbonyl (C=O) groups is 1. The van der Waals surface area contributed by atoms with Crippen LogP contribution in [0.1, 0.15) is 16.8 Å². The molecule has 92 valence electrons. The third-order valence-electron chi connectivity index (χ3n) is 1.99. The van der Waals surface area contributed by atoms with Gasteiger partial charge in [-0.25, -0.2) is 9.78 Å². The number of hydrogen-bond acceptors (Lipinski definition) is 6. The molecule has 4 N–H and O–H groups in total. The van der Waals surface area contributed by atoms with Gasteiger partial charge in [-0.15, -0.1) is 0 Å². The number of nitro groups is 1. The summed E-state index contributed by atoms with van der Waals surface area (Å²) >= 11 is 0. The van der Waals surface area contributed by atoms with Crippen LogP contribution in [0.4, 0.5) is 11.5 Å². The Bertz CT molecular complexity index is 435. The minimum absolute atomic E-state index is 0.108. The van der Waals surface area contributed by atoms with Crippen LogP contribution in [0.5, 0.6) is 0 Å². The molecule has 1 heterocycles. The van der Waals surface area contributed by atoms with E-state index >= 15 is 0 Å². The smallest absolute Gasteiger partial charge is 0.339 e. The van der Waals surface area contributed by atoms with Crippen LogP contribution >= 0.6 is 0 Å². The molecule has 0 saturated heterocycles. The fourth-order valence-corrected chi connectivity index (χ4v) is 1.17. The molecular formula is C9H12N4O4.